The summed E-state index contributed by atoms with van der Waals surface area (Å²) < 4.78 is 17.6. The molecule has 1 saturated heterocycles. The number of thioether (sulfide) groups is 1. The minimum atomic E-state index is -0.0830. The molecule has 1 heterocycles. The average Bonchev–Trinajstić information content (AvgIpc) is 3.18. The van der Waals surface area contributed by atoms with Crippen molar-refractivity contribution in [2.24, 2.45) is 4.99 Å². The SMILES string of the molecule is CCN1C(=O)/C(=C\c2cc(OC)c(OCc3ccc(C)cc3)cc2Br)SC1=Nc1ccc(OC)cc1. The summed E-state index contributed by atoms with van der Waals surface area (Å²) in [5.41, 5.74) is 3.84. The number of amidine groups is 1. The van der Waals surface area contributed by atoms with E-state index < -0.39 is 0 Å². The Morgan fingerprint density at radius 3 is 2.36 bits per heavy atom. The van der Waals surface area contributed by atoms with Crippen molar-refractivity contribution in [2.45, 2.75) is 20.5 Å². The van der Waals surface area contributed by atoms with Gasteiger partial charge in [0, 0.05) is 11.0 Å². The maximum Gasteiger partial charge on any atom is 0.266 e. The van der Waals surface area contributed by atoms with Gasteiger partial charge < -0.3 is 14.2 Å². The molecule has 0 saturated carbocycles. The number of hydrogen-bond donors (Lipinski definition) is 0. The number of carbonyl (C=O) groups excluding carboxylic acids is 1. The number of amides is 1. The van der Waals surface area contributed by atoms with Crippen molar-refractivity contribution in [3.8, 4) is 17.2 Å². The van der Waals surface area contributed by atoms with E-state index in [4.69, 9.17) is 14.2 Å². The summed E-state index contributed by atoms with van der Waals surface area (Å²) in [4.78, 5) is 20.1. The summed E-state index contributed by atoms with van der Waals surface area (Å²) in [7, 11) is 3.23. The van der Waals surface area contributed by atoms with Crippen LogP contribution in [-0.4, -0.2) is 36.7 Å². The third kappa shape index (κ3) is 5.94. The molecule has 0 spiro atoms. The molecule has 3 aromatic carbocycles. The molecule has 1 amide bonds. The van der Waals surface area contributed by atoms with Crippen LogP contribution >= 0.6 is 27.7 Å². The second-order valence-corrected chi connectivity index (χ2v) is 9.91. The predicted octanol–water partition coefficient (Wildman–Crippen LogP) is 6.98. The van der Waals surface area contributed by atoms with E-state index in [1.54, 1.807) is 19.1 Å². The Morgan fingerprint density at radius 2 is 1.72 bits per heavy atom. The van der Waals surface area contributed by atoms with Crippen LogP contribution in [0.15, 0.2) is 75.0 Å². The number of methoxy groups -OCH3 is 2. The van der Waals surface area contributed by atoms with Gasteiger partial charge in [-0.05, 0) is 79.2 Å². The van der Waals surface area contributed by atoms with E-state index in [-0.39, 0.29) is 5.91 Å². The molecule has 6 nitrogen and oxygen atoms in total. The van der Waals surface area contributed by atoms with Crippen molar-refractivity contribution in [3.63, 3.8) is 0 Å². The Kier molecular flexibility index (Phi) is 8.38. The van der Waals surface area contributed by atoms with Gasteiger partial charge in [0.25, 0.3) is 5.91 Å². The summed E-state index contributed by atoms with van der Waals surface area (Å²) in [6.45, 7) is 4.94. The van der Waals surface area contributed by atoms with Crippen molar-refractivity contribution in [1.29, 1.82) is 0 Å². The third-order valence-electron chi connectivity index (χ3n) is 5.59. The molecule has 0 unspecified atom stereocenters. The number of rotatable bonds is 8. The first kappa shape index (κ1) is 25.9. The van der Waals surface area contributed by atoms with Gasteiger partial charge in [0.15, 0.2) is 16.7 Å². The van der Waals surface area contributed by atoms with E-state index >= 15 is 0 Å². The topological polar surface area (TPSA) is 60.4 Å². The first-order chi connectivity index (χ1) is 17.4. The van der Waals surface area contributed by atoms with Crippen molar-refractivity contribution >= 4 is 50.5 Å². The number of aliphatic imine (C=N–C) groups is 1. The summed E-state index contributed by atoms with van der Waals surface area (Å²) in [6.07, 6.45) is 1.85. The molecule has 4 rings (SSSR count). The molecule has 0 atom stereocenters. The quantitative estimate of drug-likeness (QED) is 0.275. The lowest BCUT2D eigenvalue weighted by molar-refractivity contribution is -0.122. The van der Waals surface area contributed by atoms with Crippen molar-refractivity contribution in [1.82, 2.24) is 4.90 Å². The monoisotopic (exact) mass is 566 g/mol. The fourth-order valence-corrected chi connectivity index (χ4v) is 5.05. The first-order valence-corrected chi connectivity index (χ1v) is 13.0. The fourth-order valence-electron chi connectivity index (χ4n) is 3.56. The van der Waals surface area contributed by atoms with E-state index in [1.807, 2.05) is 61.5 Å². The molecule has 36 heavy (non-hydrogen) atoms. The van der Waals surface area contributed by atoms with Gasteiger partial charge in [-0.25, -0.2) is 4.99 Å². The van der Waals surface area contributed by atoms with Gasteiger partial charge in [-0.2, -0.15) is 0 Å². The maximum absolute atomic E-state index is 13.1. The second kappa shape index (κ2) is 11.7. The minimum absolute atomic E-state index is 0.0830. The predicted molar refractivity (Wildman–Crippen MR) is 149 cm³/mol. The Labute approximate surface area is 224 Å². The highest BCUT2D eigenvalue weighted by atomic mass is 79.9. The van der Waals surface area contributed by atoms with Crippen LogP contribution in [0.4, 0.5) is 5.69 Å². The second-order valence-electron chi connectivity index (χ2n) is 8.05. The molecule has 8 heteroatoms. The van der Waals surface area contributed by atoms with E-state index in [0.717, 1.165) is 27.0 Å². The third-order valence-corrected chi connectivity index (χ3v) is 7.28. The molecular weight excluding hydrogens is 540 g/mol. The summed E-state index contributed by atoms with van der Waals surface area (Å²) in [5, 5.41) is 0.639. The molecule has 0 aromatic heterocycles. The van der Waals surface area contributed by atoms with Crippen LogP contribution in [0.2, 0.25) is 0 Å². The van der Waals surface area contributed by atoms with E-state index in [9.17, 15) is 4.79 Å². The average molecular weight is 568 g/mol. The van der Waals surface area contributed by atoms with Gasteiger partial charge in [-0.1, -0.05) is 45.8 Å². The lowest BCUT2D eigenvalue weighted by Crippen LogP contribution is -2.28. The first-order valence-electron chi connectivity index (χ1n) is 11.4. The molecule has 0 N–H and O–H groups in total. The number of ether oxygens (including phenoxy) is 3. The maximum atomic E-state index is 13.1. The van der Waals surface area contributed by atoms with Crippen LogP contribution in [-0.2, 0) is 11.4 Å². The van der Waals surface area contributed by atoms with Crippen molar-refractivity contribution in [3.05, 3.63) is 86.7 Å². The number of likely N-dealkylation sites (N-methyl/N-ethyl adjacent to an activating group) is 1. The molecule has 1 aliphatic heterocycles. The summed E-state index contributed by atoms with van der Waals surface area (Å²) in [6, 6.07) is 19.4. The van der Waals surface area contributed by atoms with Gasteiger partial charge in [0.2, 0.25) is 0 Å². The van der Waals surface area contributed by atoms with E-state index in [1.165, 1.54) is 17.3 Å². The lowest BCUT2D eigenvalue weighted by atomic mass is 10.1. The van der Waals surface area contributed by atoms with Crippen LogP contribution in [0.3, 0.4) is 0 Å². The van der Waals surface area contributed by atoms with E-state index in [2.05, 4.69) is 40.0 Å². The Morgan fingerprint density at radius 1 is 1.00 bits per heavy atom. The van der Waals surface area contributed by atoms with Gasteiger partial charge in [-0.15, -0.1) is 0 Å². The zero-order valence-electron chi connectivity index (χ0n) is 20.6. The largest absolute Gasteiger partial charge is 0.497 e. The van der Waals surface area contributed by atoms with Crippen LogP contribution < -0.4 is 14.2 Å². The molecule has 0 aliphatic carbocycles. The molecule has 186 valence electrons. The number of carbonyl (C=O) groups is 1. The highest BCUT2D eigenvalue weighted by molar-refractivity contribution is 9.10. The zero-order chi connectivity index (χ0) is 25.7. The lowest BCUT2D eigenvalue weighted by Gasteiger charge is -2.13. The van der Waals surface area contributed by atoms with Crippen LogP contribution in [0.1, 0.15) is 23.6 Å². The smallest absolute Gasteiger partial charge is 0.266 e. The van der Waals surface area contributed by atoms with Crippen molar-refractivity contribution in [2.75, 3.05) is 20.8 Å². The zero-order valence-corrected chi connectivity index (χ0v) is 23.0. The van der Waals surface area contributed by atoms with E-state index in [0.29, 0.717) is 34.7 Å². The molecular formula is C28H27BrN2O4S. The van der Waals surface area contributed by atoms with Crippen LogP contribution in [0.5, 0.6) is 17.2 Å². The molecule has 0 radical (unpaired) electrons. The normalized spacial score (nSPS) is 15.6. The highest BCUT2D eigenvalue weighted by Crippen LogP contribution is 2.39. The highest BCUT2D eigenvalue weighted by Gasteiger charge is 2.32. The number of nitrogens with zero attached hydrogens (tertiary/aromatic N) is 2. The summed E-state index contributed by atoms with van der Waals surface area (Å²) in [5.74, 6) is 1.88. The van der Waals surface area contributed by atoms with Gasteiger partial charge in [-0.3, -0.25) is 9.69 Å². The molecule has 1 aliphatic rings. The Hall–Kier alpha value is -3.23. The number of aryl methyl sites for hydroxylation is 1. The molecule has 1 fully saturated rings. The molecule has 3 aromatic rings. The van der Waals surface area contributed by atoms with Crippen molar-refractivity contribution < 1.29 is 19.0 Å². The van der Waals surface area contributed by atoms with Gasteiger partial charge >= 0.3 is 0 Å². The standard InChI is InChI=1S/C28H27BrN2O4S/c1-5-31-27(32)26(36-28(31)30-21-10-12-22(33-3)13-11-21)15-20-14-24(34-4)25(16-23(20)29)35-17-19-8-6-18(2)7-9-19/h6-16H,5,17H2,1-4H3/b26-15+,30-28?. The van der Waals surface area contributed by atoms with Crippen LogP contribution in [0.25, 0.3) is 6.08 Å². The molecule has 0 bridgehead atoms. The van der Waals surface area contributed by atoms with Crippen LogP contribution in [0, 0.1) is 6.92 Å². The Bertz CT molecular complexity index is 1300. The number of hydrogen-bond acceptors (Lipinski definition) is 6. The summed E-state index contributed by atoms with van der Waals surface area (Å²) >= 11 is 4.98. The van der Waals surface area contributed by atoms with Gasteiger partial charge in [0.1, 0.15) is 12.4 Å². The van der Waals surface area contributed by atoms with Gasteiger partial charge in [0.05, 0.1) is 24.8 Å². The number of benzene rings is 3. The Balaban J connectivity index is 1.57. The number of halogens is 1. The minimum Gasteiger partial charge on any atom is -0.497 e. The fraction of sp³-hybridized carbons (Fsp3) is 0.214.